The molecule has 0 unspecified atom stereocenters. The fraction of sp³-hybridized carbons (Fsp3) is 0.0500. The number of benzene rings is 3. The summed E-state index contributed by atoms with van der Waals surface area (Å²) in [5, 5.41) is 5.30. The molecule has 0 spiro atoms. The first-order valence-electron chi connectivity index (χ1n) is 7.25. The average Bonchev–Trinajstić information content (AvgIpc) is 2.55. The second-order valence-corrected chi connectivity index (χ2v) is 5.35. The van der Waals surface area contributed by atoms with Crippen LogP contribution in [0, 0.1) is 0 Å². The van der Waals surface area contributed by atoms with E-state index in [1.807, 2.05) is 0 Å². The monoisotopic (exact) mass is 305 g/mol. The lowest BCUT2D eigenvalue weighted by Crippen LogP contribution is -3.00. The largest absolute Gasteiger partial charge is 1.00 e. The number of rotatable bonds is 2. The van der Waals surface area contributed by atoms with Crippen LogP contribution in [0.1, 0.15) is 5.56 Å². The van der Waals surface area contributed by atoms with Crippen LogP contribution in [-0.2, 0) is 6.54 Å². The number of halogens is 1. The highest BCUT2D eigenvalue weighted by molar-refractivity contribution is 6.02. The number of nitrogens with zero attached hydrogens (tertiary/aromatic N) is 1. The van der Waals surface area contributed by atoms with E-state index in [1.165, 1.54) is 27.1 Å². The molecule has 0 amide bonds. The number of hydrogen-bond acceptors (Lipinski definition) is 0. The minimum atomic E-state index is 0. The van der Waals surface area contributed by atoms with Crippen molar-refractivity contribution in [2.45, 2.75) is 6.54 Å². The highest BCUT2D eigenvalue weighted by Gasteiger charge is 2.11. The van der Waals surface area contributed by atoms with E-state index >= 15 is 0 Å². The summed E-state index contributed by atoms with van der Waals surface area (Å²) in [7, 11) is 0. The van der Waals surface area contributed by atoms with Crippen molar-refractivity contribution in [3.05, 3.63) is 90.8 Å². The van der Waals surface area contributed by atoms with E-state index in [2.05, 4.69) is 89.8 Å². The first kappa shape index (κ1) is 14.6. The normalized spacial score (nSPS) is 10.5. The van der Waals surface area contributed by atoms with Gasteiger partial charge in [0.05, 0.1) is 0 Å². The van der Waals surface area contributed by atoms with Crippen molar-refractivity contribution in [3.8, 4) is 0 Å². The molecule has 4 aromatic rings. The van der Waals surface area contributed by atoms with Gasteiger partial charge in [0.15, 0.2) is 18.9 Å². The van der Waals surface area contributed by atoms with Crippen LogP contribution in [-0.4, -0.2) is 0 Å². The van der Waals surface area contributed by atoms with Gasteiger partial charge in [0, 0.05) is 17.7 Å². The van der Waals surface area contributed by atoms with E-state index in [4.69, 9.17) is 0 Å². The minimum Gasteiger partial charge on any atom is -1.00 e. The molecule has 0 bridgehead atoms. The molecular weight excluding hydrogens is 290 g/mol. The van der Waals surface area contributed by atoms with Gasteiger partial charge in [-0.05, 0) is 27.6 Å². The van der Waals surface area contributed by atoms with Gasteiger partial charge in [-0.3, -0.25) is 0 Å². The summed E-state index contributed by atoms with van der Waals surface area (Å²) in [6.07, 6.45) is 4.24. The quantitative estimate of drug-likeness (QED) is 0.389. The van der Waals surface area contributed by atoms with Gasteiger partial charge in [-0.1, -0.05) is 54.6 Å². The SMILES string of the molecule is [Cl-].c1cc[n+](Cc2c3ccccc3cc3ccccc23)cc1. The number of fused-ring (bicyclic) bond motifs is 2. The molecule has 0 saturated carbocycles. The lowest BCUT2D eigenvalue weighted by Gasteiger charge is -2.09. The maximum Gasteiger partial charge on any atom is 0.175 e. The summed E-state index contributed by atoms with van der Waals surface area (Å²) in [6.45, 7) is 0.892. The Morgan fingerprint density at radius 2 is 1.18 bits per heavy atom. The predicted molar refractivity (Wildman–Crippen MR) is 87.2 cm³/mol. The number of aromatic nitrogens is 1. The maximum atomic E-state index is 2.28. The molecule has 2 heteroatoms. The maximum absolute atomic E-state index is 2.28. The number of hydrogen-bond donors (Lipinski definition) is 0. The Morgan fingerprint density at radius 1 is 0.636 bits per heavy atom. The fourth-order valence-corrected chi connectivity index (χ4v) is 3.00. The smallest absolute Gasteiger partial charge is 0.175 e. The Morgan fingerprint density at radius 3 is 1.77 bits per heavy atom. The third-order valence-electron chi connectivity index (χ3n) is 4.00. The van der Waals surface area contributed by atoms with Crippen LogP contribution < -0.4 is 17.0 Å². The van der Waals surface area contributed by atoms with Gasteiger partial charge in [-0.2, -0.15) is 0 Å². The average molecular weight is 306 g/mol. The molecule has 3 aromatic carbocycles. The standard InChI is InChI=1S/C20H16N.ClH/c1-6-12-21(13-7-1)15-20-18-10-4-2-8-16(18)14-17-9-3-5-11-19(17)20;/h1-14H,15H2;1H/q+1;/p-1. The Bertz CT molecular complexity index is 862. The van der Waals surface area contributed by atoms with Crippen LogP contribution >= 0.6 is 0 Å². The van der Waals surface area contributed by atoms with Gasteiger partial charge in [-0.15, -0.1) is 0 Å². The van der Waals surface area contributed by atoms with Crippen LogP contribution in [0.25, 0.3) is 21.5 Å². The molecule has 1 nitrogen and oxygen atoms in total. The molecule has 0 fully saturated rings. The molecule has 0 aliphatic carbocycles. The van der Waals surface area contributed by atoms with Gasteiger partial charge >= 0.3 is 0 Å². The van der Waals surface area contributed by atoms with Gasteiger partial charge < -0.3 is 12.4 Å². The molecule has 0 aliphatic rings. The van der Waals surface area contributed by atoms with Crippen molar-refractivity contribution in [3.63, 3.8) is 0 Å². The zero-order valence-corrected chi connectivity index (χ0v) is 12.9. The third-order valence-corrected chi connectivity index (χ3v) is 4.00. The van der Waals surface area contributed by atoms with Crippen molar-refractivity contribution in [1.29, 1.82) is 0 Å². The molecular formula is C20H16ClN. The fourth-order valence-electron chi connectivity index (χ4n) is 3.00. The predicted octanol–water partition coefficient (Wildman–Crippen LogP) is 1.33. The number of pyridine rings is 1. The minimum absolute atomic E-state index is 0. The van der Waals surface area contributed by atoms with E-state index in [0.717, 1.165) is 6.54 Å². The highest BCUT2D eigenvalue weighted by atomic mass is 35.5. The van der Waals surface area contributed by atoms with E-state index in [9.17, 15) is 0 Å². The first-order valence-corrected chi connectivity index (χ1v) is 7.25. The van der Waals surface area contributed by atoms with Crippen LogP contribution in [0.4, 0.5) is 0 Å². The van der Waals surface area contributed by atoms with Crippen molar-refractivity contribution < 1.29 is 17.0 Å². The molecule has 0 aliphatic heterocycles. The lowest BCUT2D eigenvalue weighted by atomic mass is 9.96. The van der Waals surface area contributed by atoms with Crippen molar-refractivity contribution in [2.75, 3.05) is 0 Å². The Hall–Kier alpha value is -2.38. The summed E-state index contributed by atoms with van der Waals surface area (Å²) < 4.78 is 2.23. The Balaban J connectivity index is 0.00000144. The van der Waals surface area contributed by atoms with Crippen molar-refractivity contribution >= 4 is 21.5 Å². The second kappa shape index (κ2) is 6.17. The summed E-state index contributed by atoms with van der Waals surface area (Å²) in [5.74, 6) is 0. The van der Waals surface area contributed by atoms with Gasteiger partial charge in [0.2, 0.25) is 0 Å². The topological polar surface area (TPSA) is 3.88 Å². The molecule has 0 radical (unpaired) electrons. The lowest BCUT2D eigenvalue weighted by molar-refractivity contribution is -0.688. The van der Waals surface area contributed by atoms with E-state index < -0.39 is 0 Å². The molecule has 1 heterocycles. The van der Waals surface area contributed by atoms with Crippen LogP contribution in [0.2, 0.25) is 0 Å². The van der Waals surface area contributed by atoms with Crippen molar-refractivity contribution in [1.82, 2.24) is 0 Å². The Labute approximate surface area is 136 Å². The highest BCUT2D eigenvalue weighted by Crippen LogP contribution is 2.28. The molecule has 0 atom stereocenters. The van der Waals surface area contributed by atoms with E-state index in [-0.39, 0.29) is 12.4 Å². The second-order valence-electron chi connectivity index (χ2n) is 5.35. The summed E-state index contributed by atoms with van der Waals surface area (Å²) in [6, 6.07) is 25.8. The molecule has 0 saturated heterocycles. The zero-order valence-electron chi connectivity index (χ0n) is 12.1. The van der Waals surface area contributed by atoms with E-state index in [1.54, 1.807) is 0 Å². The zero-order chi connectivity index (χ0) is 14.1. The Kier molecular flexibility index (Phi) is 4.08. The van der Waals surface area contributed by atoms with E-state index in [0.29, 0.717) is 0 Å². The molecule has 4 rings (SSSR count). The van der Waals surface area contributed by atoms with Crippen LogP contribution in [0.5, 0.6) is 0 Å². The third kappa shape index (κ3) is 2.56. The molecule has 1 aromatic heterocycles. The summed E-state index contributed by atoms with van der Waals surface area (Å²) in [5.41, 5.74) is 1.39. The van der Waals surface area contributed by atoms with Gasteiger partial charge in [0.1, 0.15) is 0 Å². The summed E-state index contributed by atoms with van der Waals surface area (Å²) in [4.78, 5) is 0. The van der Waals surface area contributed by atoms with Crippen LogP contribution in [0.3, 0.4) is 0 Å². The molecule has 22 heavy (non-hydrogen) atoms. The molecule has 108 valence electrons. The first-order chi connectivity index (χ1) is 10.4. The van der Waals surface area contributed by atoms with Gasteiger partial charge in [-0.25, -0.2) is 4.57 Å². The summed E-state index contributed by atoms with van der Waals surface area (Å²) >= 11 is 0. The van der Waals surface area contributed by atoms with Crippen molar-refractivity contribution in [2.24, 2.45) is 0 Å². The van der Waals surface area contributed by atoms with Crippen LogP contribution in [0.15, 0.2) is 85.2 Å². The van der Waals surface area contributed by atoms with Gasteiger partial charge in [0.25, 0.3) is 0 Å². The molecule has 0 N–H and O–H groups in total.